The highest BCUT2D eigenvalue weighted by molar-refractivity contribution is 5.85. The summed E-state index contributed by atoms with van der Waals surface area (Å²) in [5, 5.41) is 14.2. The summed E-state index contributed by atoms with van der Waals surface area (Å²) in [6, 6.07) is 19.1. The van der Waals surface area contributed by atoms with Crippen LogP contribution in [0.5, 0.6) is 0 Å². The first-order chi connectivity index (χ1) is 12.3. The van der Waals surface area contributed by atoms with Crippen LogP contribution in [-0.4, -0.2) is 22.3 Å². The molecule has 0 aliphatic heterocycles. The second-order valence-corrected chi connectivity index (χ2v) is 7.13. The summed E-state index contributed by atoms with van der Waals surface area (Å²) in [6.45, 7) is 2.35. The molecular formula is C22H27N2O+. The number of benzene rings is 2. The van der Waals surface area contributed by atoms with Crippen LogP contribution in [-0.2, 0) is 25.9 Å². The molecule has 3 nitrogen and oxygen atoms in total. The van der Waals surface area contributed by atoms with Crippen LogP contribution < -0.4 is 5.32 Å². The second kappa shape index (κ2) is 7.42. The van der Waals surface area contributed by atoms with E-state index in [-0.39, 0.29) is 6.10 Å². The molecule has 25 heavy (non-hydrogen) atoms. The quantitative estimate of drug-likeness (QED) is 0.714. The Hall–Kier alpha value is -2.10. The maximum absolute atomic E-state index is 10.6. The zero-order chi connectivity index (χ0) is 17.1. The third-order valence-corrected chi connectivity index (χ3v) is 5.34. The molecule has 0 radical (unpaired) electrons. The van der Waals surface area contributed by atoms with Crippen molar-refractivity contribution < 1.29 is 10.4 Å². The molecule has 1 heterocycles. The lowest BCUT2D eigenvalue weighted by Gasteiger charge is -2.18. The van der Waals surface area contributed by atoms with Gasteiger partial charge in [0.05, 0.1) is 6.54 Å². The van der Waals surface area contributed by atoms with E-state index in [0.29, 0.717) is 6.54 Å². The highest BCUT2D eigenvalue weighted by Crippen LogP contribution is 2.32. The number of hydrogen-bond acceptors (Lipinski definition) is 1. The normalized spacial score (nSPS) is 15.2. The van der Waals surface area contributed by atoms with Gasteiger partial charge in [-0.15, -0.1) is 0 Å². The third kappa shape index (κ3) is 3.48. The number of quaternary nitrogens is 1. The summed E-state index contributed by atoms with van der Waals surface area (Å²) in [7, 11) is 0. The first-order valence-corrected chi connectivity index (χ1v) is 9.45. The summed E-state index contributed by atoms with van der Waals surface area (Å²) in [5.41, 5.74) is 5.56. The van der Waals surface area contributed by atoms with Crippen LogP contribution in [0.2, 0.25) is 0 Å². The van der Waals surface area contributed by atoms with Crippen LogP contribution in [0, 0.1) is 0 Å². The molecule has 0 unspecified atom stereocenters. The van der Waals surface area contributed by atoms with Gasteiger partial charge in [0.15, 0.2) is 0 Å². The van der Waals surface area contributed by atoms with Gasteiger partial charge in [-0.2, -0.15) is 0 Å². The summed E-state index contributed by atoms with van der Waals surface area (Å²) < 4.78 is 2.38. The third-order valence-electron chi connectivity index (χ3n) is 5.34. The largest absolute Gasteiger partial charge is 0.385 e. The molecule has 3 N–H and O–H groups in total. The molecule has 0 saturated carbocycles. The highest BCUT2D eigenvalue weighted by Gasteiger charge is 2.21. The minimum atomic E-state index is -0.328. The Morgan fingerprint density at radius 1 is 0.960 bits per heavy atom. The van der Waals surface area contributed by atoms with E-state index in [1.165, 1.54) is 47.0 Å². The number of aliphatic hydroxyl groups excluding tert-OH is 1. The number of nitrogens with two attached hydrogens (primary N) is 1. The fourth-order valence-corrected chi connectivity index (χ4v) is 4.14. The molecule has 0 saturated heterocycles. The van der Waals surface area contributed by atoms with Crippen molar-refractivity contribution in [2.45, 2.75) is 44.9 Å². The van der Waals surface area contributed by atoms with E-state index in [1.54, 1.807) is 0 Å². The van der Waals surface area contributed by atoms with Crippen LogP contribution in [0.25, 0.3) is 10.9 Å². The number of aromatic nitrogens is 1. The summed E-state index contributed by atoms with van der Waals surface area (Å²) in [6.07, 6.45) is 4.54. The first-order valence-electron chi connectivity index (χ1n) is 9.45. The van der Waals surface area contributed by atoms with Gasteiger partial charge in [0.25, 0.3) is 0 Å². The van der Waals surface area contributed by atoms with E-state index in [2.05, 4.69) is 58.4 Å². The Morgan fingerprint density at radius 2 is 1.72 bits per heavy atom. The number of aliphatic hydroxyl groups is 1. The summed E-state index contributed by atoms with van der Waals surface area (Å²) >= 11 is 0. The van der Waals surface area contributed by atoms with Crippen LogP contribution in [0.15, 0.2) is 54.6 Å². The predicted octanol–water partition coefficient (Wildman–Crippen LogP) is 2.64. The fraction of sp³-hybridized carbons (Fsp3) is 0.364. The van der Waals surface area contributed by atoms with Crippen molar-refractivity contribution in [3.8, 4) is 0 Å². The topological polar surface area (TPSA) is 41.8 Å². The van der Waals surface area contributed by atoms with Crippen molar-refractivity contribution in [1.29, 1.82) is 0 Å². The minimum Gasteiger partial charge on any atom is -0.385 e. The molecular weight excluding hydrogens is 308 g/mol. The molecule has 130 valence electrons. The Labute approximate surface area is 149 Å². The van der Waals surface area contributed by atoms with Gasteiger partial charge in [0.2, 0.25) is 0 Å². The lowest BCUT2D eigenvalue weighted by Crippen LogP contribution is -2.85. The zero-order valence-electron chi connectivity index (χ0n) is 14.7. The van der Waals surface area contributed by atoms with E-state index in [4.69, 9.17) is 0 Å². The number of fused-ring (bicyclic) bond motifs is 3. The number of para-hydroxylation sites is 1. The maximum Gasteiger partial charge on any atom is 0.121 e. The van der Waals surface area contributed by atoms with Crippen molar-refractivity contribution in [2.24, 2.45) is 0 Å². The molecule has 1 aliphatic rings. The van der Waals surface area contributed by atoms with Gasteiger partial charge in [-0.3, -0.25) is 0 Å². The molecule has 2 aromatic carbocycles. The number of nitrogens with zero attached hydrogens (tertiary/aromatic N) is 1. The predicted molar refractivity (Wildman–Crippen MR) is 102 cm³/mol. The van der Waals surface area contributed by atoms with Gasteiger partial charge in [0, 0.05) is 22.2 Å². The monoisotopic (exact) mass is 335 g/mol. The second-order valence-electron chi connectivity index (χ2n) is 7.13. The Bertz CT molecular complexity index is 838. The van der Waals surface area contributed by atoms with Gasteiger partial charge in [-0.05, 0) is 37.3 Å². The standard InChI is InChI=1S/C22H26N2O/c25-18(15-23-14-17-8-2-1-3-9-17)16-24-21-12-6-4-10-19(21)20-11-5-7-13-22(20)24/h1-4,6,8-10,12,18,23,25H,5,7,11,13-16H2/p+1/t18-/m0/s1. The first kappa shape index (κ1) is 16.4. The average molecular weight is 335 g/mol. The highest BCUT2D eigenvalue weighted by atomic mass is 16.3. The maximum atomic E-state index is 10.6. The van der Waals surface area contributed by atoms with E-state index < -0.39 is 0 Å². The Balaban J connectivity index is 1.47. The van der Waals surface area contributed by atoms with Crippen LogP contribution >= 0.6 is 0 Å². The molecule has 1 atom stereocenters. The smallest absolute Gasteiger partial charge is 0.121 e. The van der Waals surface area contributed by atoms with Gasteiger partial charge >= 0.3 is 0 Å². The molecule has 0 fully saturated rings. The molecule has 4 rings (SSSR count). The Kier molecular flexibility index (Phi) is 4.86. The van der Waals surface area contributed by atoms with Gasteiger partial charge in [0.1, 0.15) is 19.2 Å². The molecule has 0 spiro atoms. The van der Waals surface area contributed by atoms with Gasteiger partial charge in [-0.1, -0.05) is 48.5 Å². The number of hydrogen-bond donors (Lipinski definition) is 2. The molecule has 0 amide bonds. The minimum absolute atomic E-state index is 0.328. The number of rotatable bonds is 6. The molecule has 0 bridgehead atoms. The van der Waals surface area contributed by atoms with Gasteiger partial charge < -0.3 is 15.0 Å². The van der Waals surface area contributed by atoms with Crippen molar-refractivity contribution in [1.82, 2.24) is 4.57 Å². The van der Waals surface area contributed by atoms with Crippen LogP contribution in [0.4, 0.5) is 0 Å². The van der Waals surface area contributed by atoms with Crippen molar-refractivity contribution in [3.63, 3.8) is 0 Å². The summed E-state index contributed by atoms with van der Waals surface area (Å²) in [4.78, 5) is 0. The lowest BCUT2D eigenvalue weighted by atomic mass is 9.95. The SMILES string of the molecule is O[C@@H](C[NH2+]Cc1ccccc1)Cn1c2c(c3ccccc31)CCCC2. The van der Waals surface area contributed by atoms with Crippen LogP contribution in [0.3, 0.4) is 0 Å². The lowest BCUT2D eigenvalue weighted by molar-refractivity contribution is -0.676. The van der Waals surface area contributed by atoms with E-state index in [1.807, 2.05) is 6.07 Å². The van der Waals surface area contributed by atoms with Gasteiger partial charge in [-0.25, -0.2) is 0 Å². The Morgan fingerprint density at radius 3 is 2.60 bits per heavy atom. The number of aryl methyl sites for hydroxylation is 1. The molecule has 3 aromatic rings. The van der Waals surface area contributed by atoms with Crippen molar-refractivity contribution in [3.05, 3.63) is 71.4 Å². The van der Waals surface area contributed by atoms with E-state index >= 15 is 0 Å². The fourth-order valence-electron chi connectivity index (χ4n) is 4.14. The molecule has 1 aliphatic carbocycles. The van der Waals surface area contributed by atoms with Crippen LogP contribution in [0.1, 0.15) is 29.7 Å². The van der Waals surface area contributed by atoms with Crippen molar-refractivity contribution in [2.75, 3.05) is 6.54 Å². The van der Waals surface area contributed by atoms with E-state index in [9.17, 15) is 5.11 Å². The molecule has 1 aromatic heterocycles. The van der Waals surface area contributed by atoms with E-state index in [0.717, 1.165) is 19.5 Å². The zero-order valence-corrected chi connectivity index (χ0v) is 14.7. The van der Waals surface area contributed by atoms with Crippen molar-refractivity contribution >= 4 is 10.9 Å². The average Bonchev–Trinajstić information content (AvgIpc) is 2.97. The molecule has 3 heteroatoms. The summed E-state index contributed by atoms with van der Waals surface area (Å²) in [5.74, 6) is 0.